The lowest BCUT2D eigenvalue weighted by atomic mass is 10.0. The number of pyridine rings is 1. The van der Waals surface area contributed by atoms with Crippen molar-refractivity contribution in [3.63, 3.8) is 0 Å². The first-order chi connectivity index (χ1) is 14.0. The van der Waals surface area contributed by atoms with Gasteiger partial charge in [-0.1, -0.05) is 42.5 Å². The third kappa shape index (κ3) is 5.00. The molecule has 1 aromatic carbocycles. The molecular weight excluding hydrogens is 386 g/mol. The Morgan fingerprint density at radius 2 is 2.03 bits per heavy atom. The van der Waals surface area contributed by atoms with Gasteiger partial charge in [0.1, 0.15) is 6.04 Å². The molecule has 2 aromatic rings. The van der Waals surface area contributed by atoms with E-state index in [9.17, 15) is 9.59 Å². The van der Waals surface area contributed by atoms with Gasteiger partial charge in [0.15, 0.2) is 0 Å². The second-order valence-electron chi connectivity index (χ2n) is 6.73. The van der Waals surface area contributed by atoms with Crippen molar-refractivity contribution in [3.05, 3.63) is 95.3 Å². The molecule has 0 saturated heterocycles. The number of anilines is 1. The zero-order chi connectivity index (χ0) is 20.8. The van der Waals surface area contributed by atoms with Crippen LogP contribution in [-0.4, -0.2) is 29.9 Å². The number of carbonyl (C=O) groups is 2. The van der Waals surface area contributed by atoms with E-state index in [1.54, 1.807) is 43.7 Å². The van der Waals surface area contributed by atoms with Crippen LogP contribution in [0, 0.1) is 0 Å². The molecule has 1 unspecified atom stereocenters. The standard InChI is InChI=1S/C23H22ClN3O2/c1-3-5-17(7-4-6-16-10-12-25-13-11-16)14-20-23(29)27(2)21-9-8-18(24)15-19(21)22(28)26-20/h3-5,7-13,15,20H,1,6,14H2,2H3,(H,26,28)/b7-4-,17-5+. The molecule has 0 radical (unpaired) electrons. The van der Waals surface area contributed by atoms with Crippen molar-refractivity contribution >= 4 is 29.1 Å². The lowest BCUT2D eigenvalue weighted by Crippen LogP contribution is -2.44. The van der Waals surface area contributed by atoms with Crippen LogP contribution in [0.1, 0.15) is 22.3 Å². The largest absolute Gasteiger partial charge is 0.340 e. The number of allylic oxidation sites excluding steroid dienone is 4. The summed E-state index contributed by atoms with van der Waals surface area (Å²) in [4.78, 5) is 31.2. The van der Waals surface area contributed by atoms with Crippen LogP contribution in [0.25, 0.3) is 0 Å². The van der Waals surface area contributed by atoms with Crippen molar-refractivity contribution in [2.45, 2.75) is 18.9 Å². The van der Waals surface area contributed by atoms with Gasteiger partial charge in [-0.05, 0) is 47.9 Å². The third-order valence-electron chi connectivity index (χ3n) is 4.71. The minimum atomic E-state index is -0.685. The maximum atomic E-state index is 13.0. The van der Waals surface area contributed by atoms with Gasteiger partial charge in [0, 0.05) is 30.9 Å². The Balaban J connectivity index is 1.78. The van der Waals surface area contributed by atoms with Crippen LogP contribution in [0.5, 0.6) is 0 Å². The number of nitrogens with zero attached hydrogens (tertiary/aromatic N) is 2. The van der Waals surface area contributed by atoms with Crippen molar-refractivity contribution in [1.82, 2.24) is 10.3 Å². The second kappa shape index (κ2) is 9.34. The smallest absolute Gasteiger partial charge is 0.254 e. The van der Waals surface area contributed by atoms with Crippen molar-refractivity contribution in [2.75, 3.05) is 11.9 Å². The zero-order valence-corrected chi connectivity index (χ0v) is 16.9. The first-order valence-electron chi connectivity index (χ1n) is 9.24. The minimum absolute atomic E-state index is 0.183. The molecule has 3 rings (SSSR count). The van der Waals surface area contributed by atoms with E-state index in [2.05, 4.69) is 16.9 Å². The van der Waals surface area contributed by atoms with Crippen LogP contribution in [0.2, 0.25) is 5.02 Å². The fourth-order valence-corrected chi connectivity index (χ4v) is 3.39. The van der Waals surface area contributed by atoms with Crippen molar-refractivity contribution in [3.8, 4) is 0 Å². The van der Waals surface area contributed by atoms with Gasteiger partial charge < -0.3 is 10.2 Å². The minimum Gasteiger partial charge on any atom is -0.340 e. The molecular formula is C23H22ClN3O2. The summed E-state index contributed by atoms with van der Waals surface area (Å²) in [6, 6.07) is 8.15. The highest BCUT2D eigenvalue weighted by atomic mass is 35.5. The van der Waals surface area contributed by atoms with E-state index in [1.165, 1.54) is 4.90 Å². The average molecular weight is 408 g/mol. The molecule has 0 spiro atoms. The quantitative estimate of drug-likeness (QED) is 0.733. The monoisotopic (exact) mass is 407 g/mol. The van der Waals surface area contributed by atoms with Crippen molar-refractivity contribution in [2.24, 2.45) is 0 Å². The molecule has 1 aromatic heterocycles. The predicted molar refractivity (Wildman–Crippen MR) is 116 cm³/mol. The van der Waals surface area contributed by atoms with E-state index >= 15 is 0 Å². The number of nitrogens with one attached hydrogen (secondary N) is 1. The number of aromatic nitrogens is 1. The molecule has 6 heteroatoms. The van der Waals surface area contributed by atoms with Crippen LogP contribution >= 0.6 is 11.6 Å². The zero-order valence-electron chi connectivity index (χ0n) is 16.1. The van der Waals surface area contributed by atoms with E-state index in [4.69, 9.17) is 11.6 Å². The fraction of sp³-hybridized carbons (Fsp3) is 0.174. The van der Waals surface area contributed by atoms with Gasteiger partial charge in [0.05, 0.1) is 11.3 Å². The second-order valence-corrected chi connectivity index (χ2v) is 7.16. The molecule has 5 nitrogen and oxygen atoms in total. The SMILES string of the molecule is C=C/C=C(\C=C/Cc1ccncc1)CC1NC(=O)c2cc(Cl)ccc2N(C)C1=O. The molecule has 2 amide bonds. The molecule has 148 valence electrons. The number of halogens is 1. The molecule has 0 bridgehead atoms. The Bertz CT molecular complexity index is 983. The molecule has 2 heterocycles. The average Bonchev–Trinajstić information content (AvgIpc) is 2.80. The predicted octanol–water partition coefficient (Wildman–Crippen LogP) is 4.11. The number of amides is 2. The summed E-state index contributed by atoms with van der Waals surface area (Å²) in [5, 5.41) is 3.28. The maximum absolute atomic E-state index is 13.0. The summed E-state index contributed by atoms with van der Waals surface area (Å²) in [7, 11) is 1.67. The Labute approximate surface area is 175 Å². The van der Waals surface area contributed by atoms with Crippen molar-refractivity contribution < 1.29 is 9.59 Å². The number of hydrogen-bond acceptors (Lipinski definition) is 3. The van der Waals surface area contributed by atoms with Crippen LogP contribution in [-0.2, 0) is 11.2 Å². The van der Waals surface area contributed by atoms with E-state index in [-0.39, 0.29) is 11.8 Å². The van der Waals surface area contributed by atoms with Gasteiger partial charge in [-0.15, -0.1) is 0 Å². The molecule has 0 aliphatic carbocycles. The van der Waals surface area contributed by atoms with Gasteiger partial charge in [0.2, 0.25) is 5.91 Å². The molecule has 0 saturated carbocycles. The molecule has 29 heavy (non-hydrogen) atoms. The highest BCUT2D eigenvalue weighted by Crippen LogP contribution is 2.27. The van der Waals surface area contributed by atoms with E-state index in [1.807, 2.05) is 30.4 Å². The van der Waals surface area contributed by atoms with Gasteiger partial charge >= 0.3 is 0 Å². The molecule has 1 atom stereocenters. The van der Waals surface area contributed by atoms with Crippen LogP contribution < -0.4 is 10.2 Å². The molecule has 1 N–H and O–H groups in total. The summed E-state index contributed by atoms with van der Waals surface area (Å²) >= 11 is 6.03. The van der Waals surface area contributed by atoms with E-state index in [0.29, 0.717) is 22.7 Å². The van der Waals surface area contributed by atoms with Gasteiger partial charge in [0.25, 0.3) is 5.91 Å². The number of carbonyl (C=O) groups excluding carboxylic acids is 2. The lowest BCUT2D eigenvalue weighted by Gasteiger charge is -2.21. The number of benzene rings is 1. The highest BCUT2D eigenvalue weighted by molar-refractivity contribution is 6.31. The topological polar surface area (TPSA) is 62.3 Å². The fourth-order valence-electron chi connectivity index (χ4n) is 3.22. The maximum Gasteiger partial charge on any atom is 0.254 e. The van der Waals surface area contributed by atoms with Gasteiger partial charge in [-0.3, -0.25) is 14.6 Å². The first-order valence-corrected chi connectivity index (χ1v) is 9.62. The Kier molecular flexibility index (Phi) is 6.62. The summed E-state index contributed by atoms with van der Waals surface area (Å²) in [5.74, 6) is -0.499. The number of hydrogen-bond donors (Lipinski definition) is 1. The van der Waals surface area contributed by atoms with Gasteiger partial charge in [-0.2, -0.15) is 0 Å². The molecule has 1 aliphatic heterocycles. The van der Waals surface area contributed by atoms with Crippen LogP contribution in [0.15, 0.2) is 79.2 Å². The van der Waals surface area contributed by atoms with Crippen LogP contribution in [0.4, 0.5) is 5.69 Å². The first kappa shape index (κ1) is 20.6. The summed E-state index contributed by atoms with van der Waals surface area (Å²) in [5.41, 5.74) is 2.96. The lowest BCUT2D eigenvalue weighted by molar-refractivity contribution is -0.120. The Morgan fingerprint density at radius 1 is 1.28 bits per heavy atom. The Morgan fingerprint density at radius 3 is 2.76 bits per heavy atom. The van der Waals surface area contributed by atoms with E-state index in [0.717, 1.165) is 17.6 Å². The van der Waals surface area contributed by atoms with Gasteiger partial charge in [-0.25, -0.2) is 0 Å². The molecule has 0 fully saturated rings. The van der Waals surface area contributed by atoms with Crippen molar-refractivity contribution in [1.29, 1.82) is 0 Å². The third-order valence-corrected chi connectivity index (χ3v) is 4.94. The molecule has 1 aliphatic rings. The number of likely N-dealkylation sites (N-methyl/N-ethyl adjacent to an activating group) is 1. The summed E-state index contributed by atoms with van der Waals surface area (Å²) in [6.07, 6.45) is 12.1. The highest BCUT2D eigenvalue weighted by Gasteiger charge is 2.32. The Hall–Kier alpha value is -3.18. The van der Waals surface area contributed by atoms with Crippen LogP contribution in [0.3, 0.4) is 0 Å². The summed E-state index contributed by atoms with van der Waals surface area (Å²) < 4.78 is 0. The van der Waals surface area contributed by atoms with E-state index < -0.39 is 6.04 Å². The normalized spacial score (nSPS) is 17.1. The summed E-state index contributed by atoms with van der Waals surface area (Å²) in [6.45, 7) is 3.75. The number of fused-ring (bicyclic) bond motifs is 1. The number of rotatable bonds is 6.